The number of nitrogens with zero attached hydrogens (tertiary/aromatic N) is 1. The predicted molar refractivity (Wildman–Crippen MR) is 75.3 cm³/mol. The summed E-state index contributed by atoms with van der Waals surface area (Å²) >= 11 is 0. The van der Waals surface area contributed by atoms with Gasteiger partial charge < -0.3 is 10.6 Å². The van der Waals surface area contributed by atoms with Gasteiger partial charge in [0.1, 0.15) is 5.82 Å². The fourth-order valence-corrected chi connectivity index (χ4v) is 2.76. The van der Waals surface area contributed by atoms with Crippen molar-refractivity contribution in [3.63, 3.8) is 0 Å². The molecule has 2 N–H and O–H groups in total. The summed E-state index contributed by atoms with van der Waals surface area (Å²) in [7, 11) is 0. The Labute approximate surface area is 109 Å². The number of rotatable bonds is 2. The molecule has 0 unspecified atom stereocenters. The molecule has 1 saturated heterocycles. The zero-order chi connectivity index (χ0) is 13.3. The van der Waals surface area contributed by atoms with Gasteiger partial charge in [-0.25, -0.2) is 4.39 Å². The minimum absolute atomic E-state index is 0.215. The summed E-state index contributed by atoms with van der Waals surface area (Å²) in [5.74, 6) is 1.34. The number of piperidine rings is 1. The molecule has 0 atom stereocenters. The Morgan fingerprint density at radius 3 is 2.44 bits per heavy atom. The van der Waals surface area contributed by atoms with Crippen LogP contribution in [0.5, 0.6) is 0 Å². The van der Waals surface area contributed by atoms with Gasteiger partial charge in [0.2, 0.25) is 0 Å². The summed E-state index contributed by atoms with van der Waals surface area (Å²) in [5.41, 5.74) is 8.16. The third-order valence-corrected chi connectivity index (χ3v) is 4.13. The van der Waals surface area contributed by atoms with Gasteiger partial charge in [-0.2, -0.15) is 0 Å². The number of nitrogens with two attached hydrogens (primary N) is 1. The summed E-state index contributed by atoms with van der Waals surface area (Å²) in [5, 5.41) is 0. The van der Waals surface area contributed by atoms with Crippen molar-refractivity contribution in [1.82, 2.24) is 0 Å². The zero-order valence-corrected chi connectivity index (χ0v) is 11.5. The maximum absolute atomic E-state index is 13.4. The number of hydrogen-bond donors (Lipinski definition) is 1. The molecule has 1 aromatic rings. The second kappa shape index (κ2) is 5.17. The van der Waals surface area contributed by atoms with Gasteiger partial charge in [0.25, 0.3) is 0 Å². The van der Waals surface area contributed by atoms with Crippen LogP contribution in [-0.2, 0) is 0 Å². The van der Waals surface area contributed by atoms with E-state index in [2.05, 4.69) is 18.7 Å². The average Bonchev–Trinajstić information content (AvgIpc) is 2.34. The zero-order valence-electron chi connectivity index (χ0n) is 11.5. The molecule has 2 rings (SSSR count). The maximum Gasteiger partial charge on any atom is 0.128 e. The first-order valence-corrected chi connectivity index (χ1v) is 6.79. The lowest BCUT2D eigenvalue weighted by Gasteiger charge is -2.36. The van der Waals surface area contributed by atoms with E-state index >= 15 is 0 Å². The van der Waals surface area contributed by atoms with Crippen LogP contribution < -0.4 is 10.6 Å². The van der Waals surface area contributed by atoms with E-state index in [1.807, 2.05) is 6.07 Å². The molecule has 2 nitrogen and oxygen atoms in total. The van der Waals surface area contributed by atoms with Crippen LogP contribution in [-0.4, -0.2) is 13.1 Å². The first kappa shape index (κ1) is 13.2. The maximum atomic E-state index is 13.4. The highest BCUT2D eigenvalue weighted by atomic mass is 19.1. The van der Waals surface area contributed by atoms with E-state index in [9.17, 15) is 4.39 Å². The third-order valence-electron chi connectivity index (χ3n) is 4.13. The van der Waals surface area contributed by atoms with E-state index in [1.54, 1.807) is 6.92 Å². The Morgan fingerprint density at radius 2 is 1.89 bits per heavy atom. The van der Waals surface area contributed by atoms with Crippen molar-refractivity contribution in [2.24, 2.45) is 11.8 Å². The topological polar surface area (TPSA) is 29.3 Å². The van der Waals surface area contributed by atoms with Crippen molar-refractivity contribution < 1.29 is 4.39 Å². The van der Waals surface area contributed by atoms with Gasteiger partial charge in [0, 0.05) is 13.1 Å². The van der Waals surface area contributed by atoms with Crippen LogP contribution in [0.25, 0.3) is 0 Å². The van der Waals surface area contributed by atoms with E-state index in [4.69, 9.17) is 5.73 Å². The Bertz CT molecular complexity index is 421. The first-order valence-electron chi connectivity index (χ1n) is 6.79. The molecule has 0 aromatic heterocycles. The van der Waals surface area contributed by atoms with Crippen LogP contribution in [0.4, 0.5) is 15.8 Å². The number of nitrogen functional groups attached to an aromatic ring is 1. The molecule has 0 aliphatic carbocycles. The summed E-state index contributed by atoms with van der Waals surface area (Å²) < 4.78 is 13.4. The molecule has 100 valence electrons. The first-order chi connectivity index (χ1) is 8.49. The minimum Gasteiger partial charge on any atom is -0.397 e. The van der Waals surface area contributed by atoms with Crippen LogP contribution in [0.15, 0.2) is 12.1 Å². The summed E-state index contributed by atoms with van der Waals surface area (Å²) in [6.45, 7) is 8.42. The normalized spacial score (nSPS) is 17.5. The van der Waals surface area contributed by atoms with Crippen LogP contribution in [0.3, 0.4) is 0 Å². The van der Waals surface area contributed by atoms with E-state index < -0.39 is 0 Å². The third kappa shape index (κ3) is 2.60. The van der Waals surface area contributed by atoms with Gasteiger partial charge in [-0.05, 0) is 49.3 Å². The number of hydrogen-bond acceptors (Lipinski definition) is 2. The largest absolute Gasteiger partial charge is 0.397 e. The van der Waals surface area contributed by atoms with Crippen molar-refractivity contribution in [3.8, 4) is 0 Å². The summed E-state index contributed by atoms with van der Waals surface area (Å²) in [6, 6.07) is 3.32. The van der Waals surface area contributed by atoms with Gasteiger partial charge in [-0.3, -0.25) is 0 Å². The van der Waals surface area contributed by atoms with Crippen LogP contribution in [0, 0.1) is 24.6 Å². The van der Waals surface area contributed by atoms with E-state index in [-0.39, 0.29) is 5.82 Å². The van der Waals surface area contributed by atoms with Crippen molar-refractivity contribution in [1.29, 1.82) is 0 Å². The molecular formula is C15H23FN2. The lowest BCUT2D eigenvalue weighted by atomic mass is 9.86. The van der Waals surface area contributed by atoms with Gasteiger partial charge in [0.05, 0.1) is 11.4 Å². The Kier molecular flexibility index (Phi) is 3.79. The molecule has 1 fully saturated rings. The number of aryl methyl sites for hydroxylation is 1. The smallest absolute Gasteiger partial charge is 0.128 e. The molecule has 0 spiro atoms. The van der Waals surface area contributed by atoms with Gasteiger partial charge in [-0.15, -0.1) is 0 Å². The molecule has 0 radical (unpaired) electrons. The monoisotopic (exact) mass is 250 g/mol. The highest BCUT2D eigenvalue weighted by Crippen LogP contribution is 2.32. The fourth-order valence-electron chi connectivity index (χ4n) is 2.76. The number of halogens is 1. The molecular weight excluding hydrogens is 227 g/mol. The van der Waals surface area contributed by atoms with Crippen molar-refractivity contribution in [3.05, 3.63) is 23.5 Å². The minimum atomic E-state index is -0.215. The standard InChI is InChI=1S/C15H23FN2/c1-10(2)12-4-6-18(7-5-12)15-8-11(3)13(16)9-14(15)17/h8-10,12H,4-7,17H2,1-3H3. The van der Waals surface area contributed by atoms with E-state index in [0.29, 0.717) is 11.3 Å². The molecule has 1 aliphatic rings. The number of anilines is 2. The van der Waals surface area contributed by atoms with Gasteiger partial charge in [0.15, 0.2) is 0 Å². The Hall–Kier alpha value is -1.25. The number of benzene rings is 1. The van der Waals surface area contributed by atoms with Crippen molar-refractivity contribution >= 4 is 11.4 Å². The predicted octanol–water partition coefficient (Wildman–Crippen LogP) is 3.59. The van der Waals surface area contributed by atoms with Crippen LogP contribution >= 0.6 is 0 Å². The lowest BCUT2D eigenvalue weighted by molar-refractivity contribution is 0.311. The van der Waals surface area contributed by atoms with Crippen molar-refractivity contribution in [2.45, 2.75) is 33.6 Å². The molecule has 1 aromatic carbocycles. The SMILES string of the molecule is Cc1cc(N2CCC(C(C)C)CC2)c(N)cc1F. The Morgan fingerprint density at radius 1 is 1.28 bits per heavy atom. The van der Waals surface area contributed by atoms with Crippen LogP contribution in [0.1, 0.15) is 32.3 Å². The molecule has 1 heterocycles. The fraction of sp³-hybridized carbons (Fsp3) is 0.600. The summed E-state index contributed by atoms with van der Waals surface area (Å²) in [4.78, 5) is 2.29. The molecule has 18 heavy (non-hydrogen) atoms. The lowest BCUT2D eigenvalue weighted by Crippen LogP contribution is -2.35. The second-order valence-electron chi connectivity index (χ2n) is 5.73. The summed E-state index contributed by atoms with van der Waals surface area (Å²) in [6.07, 6.45) is 2.40. The van der Waals surface area contributed by atoms with Crippen molar-refractivity contribution in [2.75, 3.05) is 23.7 Å². The highest BCUT2D eigenvalue weighted by molar-refractivity contribution is 5.68. The average molecular weight is 250 g/mol. The van der Waals surface area contributed by atoms with E-state index in [0.717, 1.165) is 30.6 Å². The van der Waals surface area contributed by atoms with Gasteiger partial charge in [-0.1, -0.05) is 13.8 Å². The van der Waals surface area contributed by atoms with Gasteiger partial charge >= 0.3 is 0 Å². The van der Waals surface area contributed by atoms with E-state index in [1.165, 1.54) is 18.9 Å². The molecule has 3 heteroatoms. The molecule has 0 bridgehead atoms. The second-order valence-corrected chi connectivity index (χ2v) is 5.73. The molecule has 1 aliphatic heterocycles. The molecule has 0 amide bonds. The highest BCUT2D eigenvalue weighted by Gasteiger charge is 2.23. The quantitative estimate of drug-likeness (QED) is 0.813. The molecule has 0 saturated carbocycles. The van der Waals surface area contributed by atoms with Crippen LogP contribution in [0.2, 0.25) is 0 Å². The Balaban J connectivity index is 2.12.